The monoisotopic (exact) mass is 415 g/mol. The maximum atomic E-state index is 14.1. The van der Waals surface area contributed by atoms with E-state index in [0.717, 1.165) is 12.1 Å². The Labute approximate surface area is 171 Å². The zero-order chi connectivity index (χ0) is 21.3. The topological polar surface area (TPSA) is 77.7 Å². The molecule has 0 N–H and O–H groups in total. The van der Waals surface area contributed by atoms with E-state index in [-0.39, 0.29) is 30.3 Å². The highest BCUT2D eigenvalue weighted by atomic mass is 19.1. The standard InChI is InChI=1S/C21H19F2N3O4/c1-28-17-8-6-12(10-18(17)29-2)20-24-21(30-25-20)16-7-9-19(27)26(16)11-13-14(22)4-3-5-15(13)23/h3-6,8,10,16H,7,9,11H2,1-2H3. The second-order valence-corrected chi connectivity index (χ2v) is 6.80. The molecule has 0 saturated carbocycles. The van der Waals surface area contributed by atoms with Crippen molar-refractivity contribution in [2.45, 2.75) is 25.4 Å². The number of nitrogens with zero attached hydrogens (tertiary/aromatic N) is 3. The van der Waals surface area contributed by atoms with Crippen LogP contribution < -0.4 is 9.47 Å². The molecule has 0 aliphatic carbocycles. The van der Waals surface area contributed by atoms with E-state index in [2.05, 4.69) is 10.1 Å². The van der Waals surface area contributed by atoms with Crippen LogP contribution >= 0.6 is 0 Å². The summed E-state index contributed by atoms with van der Waals surface area (Å²) in [4.78, 5) is 18.2. The van der Waals surface area contributed by atoms with Crippen molar-refractivity contribution >= 4 is 5.91 Å². The molecule has 1 atom stereocenters. The van der Waals surface area contributed by atoms with Gasteiger partial charge in [-0.2, -0.15) is 4.98 Å². The molecule has 4 rings (SSSR count). The normalized spacial score (nSPS) is 16.2. The average Bonchev–Trinajstić information content (AvgIpc) is 3.37. The van der Waals surface area contributed by atoms with E-state index in [4.69, 9.17) is 14.0 Å². The SMILES string of the molecule is COc1ccc(-c2noc(C3CCC(=O)N3Cc3c(F)cccc3F)n2)cc1OC. The average molecular weight is 415 g/mol. The third-order valence-corrected chi connectivity index (χ3v) is 5.09. The van der Waals surface area contributed by atoms with Crippen LogP contribution in [0.1, 0.15) is 30.3 Å². The fourth-order valence-corrected chi connectivity index (χ4v) is 3.51. The fraction of sp³-hybridized carbons (Fsp3) is 0.286. The van der Waals surface area contributed by atoms with Crippen LogP contribution in [0.2, 0.25) is 0 Å². The number of hydrogen-bond donors (Lipinski definition) is 0. The predicted molar refractivity (Wildman–Crippen MR) is 102 cm³/mol. The fourth-order valence-electron chi connectivity index (χ4n) is 3.51. The first kappa shape index (κ1) is 19.8. The highest BCUT2D eigenvalue weighted by Crippen LogP contribution is 2.36. The van der Waals surface area contributed by atoms with Gasteiger partial charge in [0, 0.05) is 17.5 Å². The zero-order valence-corrected chi connectivity index (χ0v) is 16.4. The van der Waals surface area contributed by atoms with Gasteiger partial charge in [-0.25, -0.2) is 8.78 Å². The molecule has 1 saturated heterocycles. The van der Waals surface area contributed by atoms with Crippen LogP contribution in [0.4, 0.5) is 8.78 Å². The van der Waals surface area contributed by atoms with Crippen LogP contribution in [0.3, 0.4) is 0 Å². The van der Waals surface area contributed by atoms with Crippen molar-refractivity contribution < 1.29 is 27.6 Å². The van der Waals surface area contributed by atoms with Gasteiger partial charge >= 0.3 is 0 Å². The third kappa shape index (κ3) is 3.58. The van der Waals surface area contributed by atoms with Crippen molar-refractivity contribution in [3.8, 4) is 22.9 Å². The molecule has 7 nitrogen and oxygen atoms in total. The Bertz CT molecular complexity index is 1070. The van der Waals surface area contributed by atoms with E-state index < -0.39 is 17.7 Å². The number of likely N-dealkylation sites (tertiary alicyclic amines) is 1. The smallest absolute Gasteiger partial charge is 0.249 e. The van der Waals surface area contributed by atoms with Crippen molar-refractivity contribution in [3.05, 3.63) is 59.5 Å². The molecular formula is C21H19F2N3O4. The number of ether oxygens (including phenoxy) is 2. The van der Waals surface area contributed by atoms with Gasteiger partial charge in [-0.1, -0.05) is 11.2 Å². The lowest BCUT2D eigenvalue weighted by Gasteiger charge is -2.22. The van der Waals surface area contributed by atoms with Crippen molar-refractivity contribution in [1.82, 2.24) is 15.0 Å². The van der Waals surface area contributed by atoms with Crippen LogP contribution in [0.15, 0.2) is 40.9 Å². The van der Waals surface area contributed by atoms with E-state index in [1.54, 1.807) is 18.2 Å². The van der Waals surface area contributed by atoms with Gasteiger partial charge in [-0.05, 0) is 36.8 Å². The zero-order valence-electron chi connectivity index (χ0n) is 16.4. The molecule has 0 spiro atoms. The summed E-state index contributed by atoms with van der Waals surface area (Å²) in [7, 11) is 3.06. The third-order valence-electron chi connectivity index (χ3n) is 5.09. The molecule has 30 heavy (non-hydrogen) atoms. The molecule has 3 aromatic rings. The summed E-state index contributed by atoms with van der Waals surface area (Å²) in [5.41, 5.74) is 0.469. The number of aromatic nitrogens is 2. The quantitative estimate of drug-likeness (QED) is 0.608. The summed E-state index contributed by atoms with van der Waals surface area (Å²) < 4.78 is 44.0. The summed E-state index contributed by atoms with van der Waals surface area (Å²) in [6, 6.07) is 8.23. The second kappa shape index (κ2) is 8.10. The van der Waals surface area contributed by atoms with Crippen LogP contribution in [0.5, 0.6) is 11.5 Å². The lowest BCUT2D eigenvalue weighted by molar-refractivity contribution is -0.130. The van der Waals surface area contributed by atoms with Crippen LogP contribution in [0.25, 0.3) is 11.4 Å². The Morgan fingerprint density at radius 3 is 2.57 bits per heavy atom. The van der Waals surface area contributed by atoms with E-state index >= 15 is 0 Å². The van der Waals surface area contributed by atoms with Crippen molar-refractivity contribution in [1.29, 1.82) is 0 Å². The molecule has 0 bridgehead atoms. The largest absolute Gasteiger partial charge is 0.493 e. The van der Waals surface area contributed by atoms with Gasteiger partial charge < -0.3 is 18.9 Å². The Kier molecular flexibility index (Phi) is 5.35. The highest BCUT2D eigenvalue weighted by Gasteiger charge is 2.37. The maximum absolute atomic E-state index is 14.1. The minimum absolute atomic E-state index is 0.169. The molecular weight excluding hydrogens is 396 g/mol. The highest BCUT2D eigenvalue weighted by molar-refractivity contribution is 5.79. The summed E-state index contributed by atoms with van der Waals surface area (Å²) in [5.74, 6) is -0.0493. The van der Waals surface area contributed by atoms with Gasteiger partial charge in [0.25, 0.3) is 0 Å². The number of halogens is 2. The van der Waals surface area contributed by atoms with Gasteiger partial charge in [0.05, 0.1) is 20.8 Å². The summed E-state index contributed by atoms with van der Waals surface area (Å²) >= 11 is 0. The Morgan fingerprint density at radius 2 is 1.87 bits per heavy atom. The van der Waals surface area contributed by atoms with Crippen LogP contribution in [-0.4, -0.2) is 35.2 Å². The molecule has 0 radical (unpaired) electrons. The van der Waals surface area contributed by atoms with Crippen LogP contribution in [-0.2, 0) is 11.3 Å². The molecule has 1 aromatic heterocycles. The van der Waals surface area contributed by atoms with Gasteiger partial charge in [-0.3, -0.25) is 4.79 Å². The van der Waals surface area contributed by atoms with E-state index in [1.165, 1.54) is 25.2 Å². The van der Waals surface area contributed by atoms with Crippen molar-refractivity contribution in [2.24, 2.45) is 0 Å². The lowest BCUT2D eigenvalue weighted by atomic mass is 10.1. The predicted octanol–water partition coefficient (Wildman–Crippen LogP) is 3.90. The number of carbonyl (C=O) groups excluding carboxylic acids is 1. The summed E-state index contributed by atoms with van der Waals surface area (Å²) in [6.07, 6.45) is 0.650. The molecule has 9 heteroatoms. The lowest BCUT2D eigenvalue weighted by Crippen LogP contribution is -2.28. The molecule has 1 aliphatic rings. The van der Waals surface area contributed by atoms with Gasteiger partial charge in [0.15, 0.2) is 11.5 Å². The molecule has 156 valence electrons. The van der Waals surface area contributed by atoms with Gasteiger partial charge in [0.1, 0.15) is 17.7 Å². The van der Waals surface area contributed by atoms with Crippen LogP contribution in [0, 0.1) is 11.6 Å². The first-order valence-corrected chi connectivity index (χ1v) is 9.30. The number of methoxy groups -OCH3 is 2. The Balaban J connectivity index is 1.61. The Morgan fingerprint density at radius 1 is 1.13 bits per heavy atom. The van der Waals surface area contributed by atoms with Crippen molar-refractivity contribution in [2.75, 3.05) is 14.2 Å². The first-order chi connectivity index (χ1) is 14.5. The number of rotatable bonds is 6. The van der Waals surface area contributed by atoms with E-state index in [1.807, 2.05) is 0 Å². The minimum Gasteiger partial charge on any atom is -0.493 e. The molecule has 1 fully saturated rings. The second-order valence-electron chi connectivity index (χ2n) is 6.80. The van der Waals surface area contributed by atoms with E-state index in [0.29, 0.717) is 29.3 Å². The number of amides is 1. The molecule has 2 heterocycles. The van der Waals surface area contributed by atoms with E-state index in [9.17, 15) is 13.6 Å². The molecule has 2 aromatic carbocycles. The summed E-state index contributed by atoms with van der Waals surface area (Å²) in [6.45, 7) is -0.212. The number of hydrogen-bond acceptors (Lipinski definition) is 6. The molecule has 1 aliphatic heterocycles. The summed E-state index contributed by atoms with van der Waals surface area (Å²) in [5, 5.41) is 3.99. The minimum atomic E-state index is -0.704. The molecule has 1 unspecified atom stereocenters. The van der Waals surface area contributed by atoms with Gasteiger partial charge in [-0.15, -0.1) is 0 Å². The maximum Gasteiger partial charge on any atom is 0.249 e. The number of carbonyl (C=O) groups is 1. The molecule has 1 amide bonds. The number of benzene rings is 2. The Hall–Kier alpha value is -3.49. The van der Waals surface area contributed by atoms with Gasteiger partial charge in [0.2, 0.25) is 17.6 Å². The first-order valence-electron chi connectivity index (χ1n) is 9.30. The van der Waals surface area contributed by atoms with Crippen molar-refractivity contribution in [3.63, 3.8) is 0 Å².